The largest absolute Gasteiger partial charge is 0.317 e. The minimum absolute atomic E-state index is 0.759. The quantitative estimate of drug-likeness (QED) is 0.749. The van der Waals surface area contributed by atoms with Crippen LogP contribution < -0.4 is 5.32 Å². The molecule has 0 aliphatic heterocycles. The van der Waals surface area contributed by atoms with Crippen molar-refractivity contribution in [1.82, 2.24) is 10.2 Å². The highest BCUT2D eigenvalue weighted by Gasteiger charge is 2.25. The van der Waals surface area contributed by atoms with E-state index in [0.717, 1.165) is 17.9 Å². The highest BCUT2D eigenvalue weighted by molar-refractivity contribution is 4.82. The van der Waals surface area contributed by atoms with Gasteiger partial charge in [0.1, 0.15) is 0 Å². The summed E-state index contributed by atoms with van der Waals surface area (Å²) >= 11 is 0. The van der Waals surface area contributed by atoms with Crippen LogP contribution in [0, 0.1) is 11.8 Å². The molecule has 2 atom stereocenters. The molecule has 2 heteroatoms. The van der Waals surface area contributed by atoms with Gasteiger partial charge in [0.15, 0.2) is 0 Å². The molecule has 1 aliphatic rings. The lowest BCUT2D eigenvalue weighted by Crippen LogP contribution is -2.43. The molecule has 1 N–H and O–H groups in total. The van der Waals surface area contributed by atoms with Crippen molar-refractivity contribution >= 4 is 0 Å². The van der Waals surface area contributed by atoms with Crippen molar-refractivity contribution in [3.05, 3.63) is 0 Å². The molecule has 2 nitrogen and oxygen atoms in total. The molecule has 16 heavy (non-hydrogen) atoms. The maximum Gasteiger partial charge on any atom is 0.0104 e. The molecular formula is C14H30N2. The maximum absolute atomic E-state index is 3.51. The van der Waals surface area contributed by atoms with Crippen LogP contribution in [0.5, 0.6) is 0 Å². The van der Waals surface area contributed by atoms with Gasteiger partial charge in [-0.3, -0.25) is 0 Å². The molecular weight excluding hydrogens is 196 g/mol. The van der Waals surface area contributed by atoms with Gasteiger partial charge in [-0.1, -0.05) is 33.6 Å². The van der Waals surface area contributed by atoms with Gasteiger partial charge in [0.2, 0.25) is 0 Å². The van der Waals surface area contributed by atoms with Gasteiger partial charge >= 0.3 is 0 Å². The molecule has 1 fully saturated rings. The summed E-state index contributed by atoms with van der Waals surface area (Å²) in [4.78, 5) is 2.63. The Morgan fingerprint density at radius 2 is 1.94 bits per heavy atom. The van der Waals surface area contributed by atoms with Crippen LogP contribution in [0.3, 0.4) is 0 Å². The average molecular weight is 226 g/mol. The fraction of sp³-hybridized carbons (Fsp3) is 1.00. The van der Waals surface area contributed by atoms with E-state index in [0.29, 0.717) is 0 Å². The van der Waals surface area contributed by atoms with E-state index < -0.39 is 0 Å². The minimum atomic E-state index is 0.759. The Bertz CT molecular complexity index is 180. The summed E-state index contributed by atoms with van der Waals surface area (Å²) in [6.45, 7) is 10.7. The Balaban J connectivity index is 2.41. The third kappa shape index (κ3) is 4.42. The lowest BCUT2D eigenvalue weighted by molar-refractivity contribution is 0.165. The predicted molar refractivity (Wildman–Crippen MR) is 71.8 cm³/mol. The van der Waals surface area contributed by atoms with Gasteiger partial charge in [-0.15, -0.1) is 0 Å². The second-order valence-corrected chi connectivity index (χ2v) is 5.69. The van der Waals surface area contributed by atoms with Crippen molar-refractivity contribution in [3.63, 3.8) is 0 Å². The topological polar surface area (TPSA) is 15.3 Å². The molecule has 0 radical (unpaired) electrons. The van der Waals surface area contributed by atoms with E-state index in [1.54, 1.807) is 0 Å². The average Bonchev–Trinajstić information content (AvgIpc) is 2.28. The zero-order chi connectivity index (χ0) is 12.0. The monoisotopic (exact) mass is 226 g/mol. The van der Waals surface area contributed by atoms with Crippen molar-refractivity contribution in [1.29, 1.82) is 0 Å². The number of hydrogen-bond donors (Lipinski definition) is 1. The van der Waals surface area contributed by atoms with Crippen LogP contribution in [0.4, 0.5) is 0 Å². The smallest absolute Gasteiger partial charge is 0.0104 e. The molecule has 96 valence electrons. The standard InChI is InChI=1S/C14H30N2/c1-5-16(10-12(2)3)11-13-8-6-7-9-14(13)15-4/h12-15H,5-11H2,1-4H3. The van der Waals surface area contributed by atoms with Gasteiger partial charge in [0.25, 0.3) is 0 Å². The minimum Gasteiger partial charge on any atom is -0.317 e. The summed E-state index contributed by atoms with van der Waals surface area (Å²) in [5.41, 5.74) is 0. The van der Waals surface area contributed by atoms with Crippen molar-refractivity contribution in [3.8, 4) is 0 Å². The molecule has 0 amide bonds. The fourth-order valence-electron chi connectivity index (χ4n) is 2.99. The third-order valence-electron chi connectivity index (χ3n) is 3.84. The van der Waals surface area contributed by atoms with Crippen LogP contribution in [-0.2, 0) is 0 Å². The molecule has 0 heterocycles. The number of nitrogens with zero attached hydrogens (tertiary/aromatic N) is 1. The second-order valence-electron chi connectivity index (χ2n) is 5.69. The highest BCUT2D eigenvalue weighted by atomic mass is 15.1. The summed E-state index contributed by atoms with van der Waals surface area (Å²) in [5, 5.41) is 3.51. The Hall–Kier alpha value is -0.0800. The molecule has 0 spiro atoms. The van der Waals surface area contributed by atoms with Crippen LogP contribution >= 0.6 is 0 Å². The van der Waals surface area contributed by atoms with E-state index in [9.17, 15) is 0 Å². The lowest BCUT2D eigenvalue weighted by Gasteiger charge is -2.35. The van der Waals surface area contributed by atoms with Crippen molar-refractivity contribution in [2.45, 2.75) is 52.5 Å². The van der Waals surface area contributed by atoms with E-state index in [1.807, 2.05) is 0 Å². The first-order valence-corrected chi connectivity index (χ1v) is 7.07. The van der Waals surface area contributed by atoms with Gasteiger partial charge in [-0.05, 0) is 38.3 Å². The zero-order valence-corrected chi connectivity index (χ0v) is 11.6. The Morgan fingerprint density at radius 1 is 1.25 bits per heavy atom. The van der Waals surface area contributed by atoms with Crippen molar-refractivity contribution in [2.75, 3.05) is 26.7 Å². The second kappa shape index (κ2) is 7.29. The fourth-order valence-corrected chi connectivity index (χ4v) is 2.99. The summed E-state index contributed by atoms with van der Waals surface area (Å²) in [5.74, 6) is 1.66. The molecule has 0 aromatic heterocycles. The van der Waals surface area contributed by atoms with Crippen LogP contribution in [0.15, 0.2) is 0 Å². The first-order valence-electron chi connectivity index (χ1n) is 7.07. The van der Waals surface area contributed by atoms with Crippen molar-refractivity contribution < 1.29 is 0 Å². The number of nitrogens with one attached hydrogen (secondary N) is 1. The molecule has 1 saturated carbocycles. The first kappa shape index (κ1) is 14.0. The SMILES string of the molecule is CCN(CC(C)C)CC1CCCCC1NC. The molecule has 0 saturated heterocycles. The van der Waals surface area contributed by atoms with E-state index in [2.05, 4.69) is 38.0 Å². The van der Waals surface area contributed by atoms with Gasteiger partial charge in [0.05, 0.1) is 0 Å². The molecule has 2 unspecified atom stereocenters. The molecule has 0 aromatic carbocycles. The summed E-state index contributed by atoms with van der Waals surface area (Å²) in [6.07, 6.45) is 5.64. The maximum atomic E-state index is 3.51. The molecule has 0 aromatic rings. The number of rotatable bonds is 6. The van der Waals surface area contributed by atoms with E-state index in [1.165, 1.54) is 45.3 Å². The van der Waals surface area contributed by atoms with E-state index >= 15 is 0 Å². The number of hydrogen-bond acceptors (Lipinski definition) is 2. The van der Waals surface area contributed by atoms with Crippen LogP contribution in [-0.4, -0.2) is 37.6 Å². The van der Waals surface area contributed by atoms with E-state index in [4.69, 9.17) is 0 Å². The van der Waals surface area contributed by atoms with E-state index in [-0.39, 0.29) is 0 Å². The van der Waals surface area contributed by atoms with Gasteiger partial charge < -0.3 is 10.2 Å². The van der Waals surface area contributed by atoms with Crippen LogP contribution in [0.25, 0.3) is 0 Å². The Morgan fingerprint density at radius 3 is 2.50 bits per heavy atom. The van der Waals surface area contributed by atoms with Gasteiger partial charge in [-0.2, -0.15) is 0 Å². The third-order valence-corrected chi connectivity index (χ3v) is 3.84. The lowest BCUT2D eigenvalue weighted by atomic mass is 9.84. The van der Waals surface area contributed by atoms with Crippen molar-refractivity contribution in [2.24, 2.45) is 11.8 Å². The summed E-state index contributed by atoms with van der Waals surface area (Å²) in [7, 11) is 2.13. The normalized spacial score (nSPS) is 26.6. The molecule has 0 bridgehead atoms. The zero-order valence-electron chi connectivity index (χ0n) is 11.6. The predicted octanol–water partition coefficient (Wildman–Crippen LogP) is 2.74. The summed E-state index contributed by atoms with van der Waals surface area (Å²) in [6, 6.07) is 0.759. The first-order chi connectivity index (χ1) is 7.67. The summed E-state index contributed by atoms with van der Waals surface area (Å²) < 4.78 is 0. The van der Waals surface area contributed by atoms with Crippen LogP contribution in [0.2, 0.25) is 0 Å². The van der Waals surface area contributed by atoms with Gasteiger partial charge in [-0.25, -0.2) is 0 Å². The molecule has 1 rings (SSSR count). The Labute approximate surface area is 102 Å². The van der Waals surface area contributed by atoms with Crippen LogP contribution in [0.1, 0.15) is 46.5 Å². The van der Waals surface area contributed by atoms with Gasteiger partial charge in [0, 0.05) is 19.1 Å². The Kier molecular flexibility index (Phi) is 6.37. The molecule has 1 aliphatic carbocycles. The highest BCUT2D eigenvalue weighted by Crippen LogP contribution is 2.25.